The summed E-state index contributed by atoms with van der Waals surface area (Å²) in [6.45, 7) is -0.150. The van der Waals surface area contributed by atoms with Gasteiger partial charge >= 0.3 is 17.6 Å². The van der Waals surface area contributed by atoms with Gasteiger partial charge in [0.05, 0.1) is 19.1 Å². The molecule has 0 aliphatic heterocycles. The standard InChI is InChI=1S/C18H16FNO7/c1-25-17(21)14(18(22)26-2)12-8-9-13(20(23)24)16(15(12)19)27-10-11-6-4-3-5-7-11/h3-9,14H,10H2,1-2H3. The van der Waals surface area contributed by atoms with Gasteiger partial charge in [-0.3, -0.25) is 19.7 Å². The number of methoxy groups -OCH3 is 2. The zero-order chi connectivity index (χ0) is 20.0. The Labute approximate surface area is 153 Å². The molecule has 0 atom stereocenters. The first-order valence-electron chi connectivity index (χ1n) is 7.69. The predicted octanol–water partition coefficient (Wildman–Crippen LogP) is 2.74. The van der Waals surface area contributed by atoms with E-state index < -0.39 is 45.6 Å². The quantitative estimate of drug-likeness (QED) is 0.316. The number of hydrogen-bond acceptors (Lipinski definition) is 7. The van der Waals surface area contributed by atoms with E-state index in [9.17, 15) is 24.1 Å². The third-order valence-electron chi connectivity index (χ3n) is 3.71. The van der Waals surface area contributed by atoms with E-state index in [4.69, 9.17) is 4.74 Å². The molecule has 0 saturated heterocycles. The number of halogens is 1. The summed E-state index contributed by atoms with van der Waals surface area (Å²) in [6, 6.07) is 10.5. The predicted molar refractivity (Wildman–Crippen MR) is 90.6 cm³/mol. The van der Waals surface area contributed by atoms with Gasteiger partial charge in [-0.05, 0) is 11.6 Å². The number of nitro benzene ring substituents is 1. The lowest BCUT2D eigenvalue weighted by molar-refractivity contribution is -0.386. The molecule has 142 valence electrons. The number of nitro groups is 1. The fourth-order valence-electron chi connectivity index (χ4n) is 2.38. The molecule has 0 unspecified atom stereocenters. The third-order valence-corrected chi connectivity index (χ3v) is 3.71. The molecule has 0 fully saturated rings. The maximum atomic E-state index is 15.0. The highest BCUT2D eigenvalue weighted by Crippen LogP contribution is 2.36. The molecule has 0 radical (unpaired) electrons. The van der Waals surface area contributed by atoms with Crippen LogP contribution in [-0.4, -0.2) is 31.1 Å². The Kier molecular flexibility index (Phi) is 6.42. The van der Waals surface area contributed by atoms with Gasteiger partial charge in [0, 0.05) is 11.6 Å². The van der Waals surface area contributed by atoms with Crippen molar-refractivity contribution in [3.05, 3.63) is 69.5 Å². The van der Waals surface area contributed by atoms with E-state index in [-0.39, 0.29) is 6.61 Å². The topological polar surface area (TPSA) is 105 Å². The summed E-state index contributed by atoms with van der Waals surface area (Å²) in [6.07, 6.45) is 0. The molecule has 2 rings (SSSR count). The zero-order valence-electron chi connectivity index (χ0n) is 14.5. The van der Waals surface area contributed by atoms with E-state index in [1.54, 1.807) is 30.3 Å². The van der Waals surface area contributed by atoms with Gasteiger partial charge in [0.15, 0.2) is 11.7 Å². The molecule has 0 N–H and O–H groups in total. The molecule has 27 heavy (non-hydrogen) atoms. The molecule has 0 bridgehead atoms. The van der Waals surface area contributed by atoms with Gasteiger partial charge in [0.1, 0.15) is 6.61 Å². The van der Waals surface area contributed by atoms with Crippen LogP contribution in [0.1, 0.15) is 17.0 Å². The van der Waals surface area contributed by atoms with Crippen LogP contribution < -0.4 is 4.74 Å². The molecule has 0 aliphatic rings. The minimum absolute atomic E-state index is 0.150. The fraction of sp³-hybridized carbons (Fsp3) is 0.222. The van der Waals surface area contributed by atoms with Gasteiger partial charge in [-0.15, -0.1) is 0 Å². The Morgan fingerprint density at radius 3 is 2.19 bits per heavy atom. The first kappa shape index (κ1) is 19.8. The van der Waals surface area contributed by atoms with Crippen LogP contribution >= 0.6 is 0 Å². The van der Waals surface area contributed by atoms with Crippen LogP contribution in [0.3, 0.4) is 0 Å². The van der Waals surface area contributed by atoms with Crippen LogP contribution in [0.4, 0.5) is 10.1 Å². The third kappa shape index (κ3) is 4.38. The average molecular weight is 377 g/mol. The van der Waals surface area contributed by atoms with E-state index in [1.807, 2.05) is 0 Å². The number of hydrogen-bond donors (Lipinski definition) is 0. The molecule has 0 spiro atoms. The van der Waals surface area contributed by atoms with E-state index in [0.29, 0.717) is 5.56 Å². The first-order chi connectivity index (χ1) is 12.9. The van der Waals surface area contributed by atoms with Crippen molar-refractivity contribution in [2.24, 2.45) is 0 Å². The molecular weight excluding hydrogens is 361 g/mol. The lowest BCUT2D eigenvalue weighted by Gasteiger charge is -2.16. The summed E-state index contributed by atoms with van der Waals surface area (Å²) in [4.78, 5) is 34.2. The van der Waals surface area contributed by atoms with Crippen molar-refractivity contribution in [3.63, 3.8) is 0 Å². The van der Waals surface area contributed by atoms with E-state index >= 15 is 0 Å². The monoisotopic (exact) mass is 377 g/mol. The van der Waals surface area contributed by atoms with Crippen molar-refractivity contribution in [3.8, 4) is 5.75 Å². The van der Waals surface area contributed by atoms with Crippen molar-refractivity contribution < 1.29 is 33.1 Å². The molecule has 2 aromatic rings. The number of carbonyl (C=O) groups excluding carboxylic acids is 2. The Hall–Kier alpha value is -3.49. The largest absolute Gasteiger partial charge is 0.480 e. The summed E-state index contributed by atoms with van der Waals surface area (Å²) >= 11 is 0. The van der Waals surface area contributed by atoms with Gasteiger partial charge in [0.25, 0.3) is 0 Å². The zero-order valence-corrected chi connectivity index (χ0v) is 14.5. The maximum absolute atomic E-state index is 15.0. The number of carbonyl (C=O) groups is 2. The molecule has 0 aromatic heterocycles. The smallest absolute Gasteiger partial charge is 0.324 e. The molecular formula is C18H16FNO7. The van der Waals surface area contributed by atoms with Gasteiger partial charge < -0.3 is 14.2 Å². The summed E-state index contributed by atoms with van der Waals surface area (Å²) in [5.41, 5.74) is -0.433. The molecule has 0 aliphatic carbocycles. The van der Waals surface area contributed by atoms with Crippen LogP contribution in [0.2, 0.25) is 0 Å². The average Bonchev–Trinajstić information content (AvgIpc) is 2.68. The van der Waals surface area contributed by atoms with E-state index in [2.05, 4.69) is 9.47 Å². The van der Waals surface area contributed by atoms with Crippen molar-refractivity contribution in [1.29, 1.82) is 0 Å². The number of nitrogens with zero attached hydrogens (tertiary/aromatic N) is 1. The molecule has 0 saturated carbocycles. The Morgan fingerprint density at radius 1 is 1.07 bits per heavy atom. The molecule has 8 nitrogen and oxygen atoms in total. The molecule has 2 aromatic carbocycles. The second-order valence-electron chi connectivity index (χ2n) is 5.33. The first-order valence-corrected chi connectivity index (χ1v) is 7.69. The number of benzene rings is 2. The number of ether oxygens (including phenoxy) is 3. The lowest BCUT2D eigenvalue weighted by atomic mass is 9.97. The minimum Gasteiger partial charge on any atom is -0.480 e. The molecule has 0 heterocycles. The van der Waals surface area contributed by atoms with Gasteiger partial charge in [-0.1, -0.05) is 30.3 Å². The lowest BCUT2D eigenvalue weighted by Crippen LogP contribution is -2.25. The highest BCUT2D eigenvalue weighted by atomic mass is 19.1. The Bertz CT molecular complexity index is 838. The number of esters is 2. The summed E-state index contributed by atoms with van der Waals surface area (Å²) in [5, 5.41) is 11.2. The fourth-order valence-corrected chi connectivity index (χ4v) is 2.38. The maximum Gasteiger partial charge on any atom is 0.324 e. The summed E-state index contributed by atoms with van der Waals surface area (Å²) < 4.78 is 29.3. The number of rotatable bonds is 7. The van der Waals surface area contributed by atoms with E-state index in [0.717, 1.165) is 26.4 Å². The van der Waals surface area contributed by atoms with Crippen molar-refractivity contribution in [1.82, 2.24) is 0 Å². The van der Waals surface area contributed by atoms with E-state index in [1.165, 1.54) is 0 Å². The minimum atomic E-state index is -1.74. The summed E-state index contributed by atoms with van der Waals surface area (Å²) in [5.74, 6) is -5.76. The highest BCUT2D eigenvalue weighted by Gasteiger charge is 2.36. The molecule has 9 heteroatoms. The normalized spacial score (nSPS) is 10.4. The molecule has 0 amide bonds. The van der Waals surface area contributed by atoms with Crippen LogP contribution in [-0.2, 0) is 25.7 Å². The van der Waals surface area contributed by atoms with Crippen LogP contribution in [0, 0.1) is 15.9 Å². The Balaban J connectivity index is 2.50. The second-order valence-corrected chi connectivity index (χ2v) is 5.33. The van der Waals surface area contributed by atoms with Crippen molar-refractivity contribution in [2.75, 3.05) is 14.2 Å². The van der Waals surface area contributed by atoms with Crippen molar-refractivity contribution >= 4 is 17.6 Å². The second kappa shape index (κ2) is 8.75. The van der Waals surface area contributed by atoms with Gasteiger partial charge in [-0.25, -0.2) is 4.39 Å². The van der Waals surface area contributed by atoms with Crippen molar-refractivity contribution in [2.45, 2.75) is 12.5 Å². The van der Waals surface area contributed by atoms with Crippen LogP contribution in [0.5, 0.6) is 5.75 Å². The highest BCUT2D eigenvalue weighted by molar-refractivity contribution is 6.01. The van der Waals surface area contributed by atoms with Gasteiger partial charge in [-0.2, -0.15) is 0 Å². The van der Waals surface area contributed by atoms with Gasteiger partial charge in [0.2, 0.25) is 5.75 Å². The summed E-state index contributed by atoms with van der Waals surface area (Å²) in [7, 11) is 2.04. The Morgan fingerprint density at radius 2 is 1.67 bits per heavy atom. The van der Waals surface area contributed by atoms with Crippen LogP contribution in [0.25, 0.3) is 0 Å². The SMILES string of the molecule is COC(=O)C(C(=O)OC)c1ccc([N+](=O)[O-])c(OCc2ccccc2)c1F. The van der Waals surface area contributed by atoms with Crippen LogP contribution in [0.15, 0.2) is 42.5 Å².